The SMILES string of the molecule is COC(=O)[C@]12CC[C@@]3(C1)[C@@H](O)CCN1CC[C@@]4(c5cccc(OC)c5N[C@]24O)[C@@H]13. The van der Waals surface area contributed by atoms with Gasteiger partial charge >= 0.3 is 5.97 Å². The van der Waals surface area contributed by atoms with Crippen LogP contribution in [0.15, 0.2) is 18.2 Å². The molecule has 6 rings (SSSR count). The average molecular weight is 400 g/mol. The molecule has 2 saturated carbocycles. The first-order chi connectivity index (χ1) is 13.9. The Morgan fingerprint density at radius 3 is 2.83 bits per heavy atom. The average Bonchev–Trinajstić information content (AvgIpc) is 3.38. The number of benzene rings is 1. The van der Waals surface area contributed by atoms with Crippen LogP contribution in [0.5, 0.6) is 5.75 Å². The van der Waals surface area contributed by atoms with Crippen molar-refractivity contribution in [3.8, 4) is 5.75 Å². The van der Waals surface area contributed by atoms with Crippen LogP contribution in [0, 0.1) is 10.8 Å². The minimum atomic E-state index is -1.49. The molecule has 0 unspecified atom stereocenters. The number of nitrogens with zero attached hydrogens (tertiary/aromatic N) is 1. The summed E-state index contributed by atoms with van der Waals surface area (Å²) in [4.78, 5) is 15.7. The Balaban J connectivity index is 1.69. The first-order valence-electron chi connectivity index (χ1n) is 10.6. The molecule has 3 aliphatic heterocycles. The summed E-state index contributed by atoms with van der Waals surface area (Å²) < 4.78 is 10.9. The fraction of sp³-hybridized carbons (Fsp3) is 0.682. The predicted molar refractivity (Wildman–Crippen MR) is 105 cm³/mol. The van der Waals surface area contributed by atoms with Gasteiger partial charge in [-0.2, -0.15) is 0 Å². The monoisotopic (exact) mass is 400 g/mol. The lowest BCUT2D eigenvalue weighted by atomic mass is 9.47. The molecule has 3 heterocycles. The number of aliphatic hydroxyl groups is 2. The first kappa shape index (κ1) is 18.0. The summed E-state index contributed by atoms with van der Waals surface area (Å²) in [5.41, 5.74) is -1.93. The van der Waals surface area contributed by atoms with E-state index in [-0.39, 0.29) is 12.0 Å². The van der Waals surface area contributed by atoms with Crippen molar-refractivity contribution in [2.24, 2.45) is 10.8 Å². The summed E-state index contributed by atoms with van der Waals surface area (Å²) in [7, 11) is 3.02. The predicted octanol–water partition coefficient (Wildman–Crippen LogP) is 1.23. The Labute approximate surface area is 170 Å². The highest BCUT2D eigenvalue weighted by Crippen LogP contribution is 2.76. The van der Waals surface area contributed by atoms with Gasteiger partial charge in [0.05, 0.1) is 31.4 Å². The number of aliphatic hydroxyl groups excluding tert-OH is 1. The summed E-state index contributed by atoms with van der Waals surface area (Å²) in [5.74, 6) is 0.282. The first-order valence-corrected chi connectivity index (χ1v) is 10.6. The number of carbonyl (C=O) groups excluding carboxylic acids is 1. The van der Waals surface area contributed by atoms with Gasteiger partial charge in [0.25, 0.3) is 0 Å². The van der Waals surface area contributed by atoms with Crippen molar-refractivity contribution in [3.63, 3.8) is 0 Å². The number of piperidine rings is 1. The summed E-state index contributed by atoms with van der Waals surface area (Å²) in [5, 5.41) is 27.2. The second kappa shape index (κ2) is 5.25. The number of hydrogen-bond donors (Lipinski definition) is 3. The molecule has 2 spiro atoms. The molecule has 5 aliphatic rings. The Morgan fingerprint density at radius 1 is 1.24 bits per heavy atom. The lowest BCUT2D eigenvalue weighted by Gasteiger charge is -2.62. The zero-order valence-electron chi connectivity index (χ0n) is 16.9. The van der Waals surface area contributed by atoms with Crippen molar-refractivity contribution in [3.05, 3.63) is 23.8 Å². The lowest BCUT2D eigenvalue weighted by molar-refractivity contribution is -0.213. The molecule has 2 bridgehead atoms. The van der Waals surface area contributed by atoms with Gasteiger partial charge in [-0.25, -0.2) is 0 Å². The Bertz CT molecular complexity index is 922. The molecule has 29 heavy (non-hydrogen) atoms. The second-order valence-electron chi connectivity index (χ2n) is 9.67. The van der Waals surface area contributed by atoms with E-state index in [9.17, 15) is 15.0 Å². The van der Waals surface area contributed by atoms with Gasteiger partial charge in [0.15, 0.2) is 5.72 Å². The number of rotatable bonds is 2. The third kappa shape index (κ3) is 1.62. The zero-order valence-corrected chi connectivity index (χ0v) is 16.9. The molecule has 156 valence electrons. The topological polar surface area (TPSA) is 91.3 Å². The van der Waals surface area contributed by atoms with Gasteiger partial charge in [-0.1, -0.05) is 12.1 Å². The Hall–Kier alpha value is -1.83. The van der Waals surface area contributed by atoms with Crippen LogP contribution in [0.25, 0.3) is 0 Å². The molecule has 0 aromatic heterocycles. The molecule has 1 aromatic rings. The lowest BCUT2D eigenvalue weighted by Crippen LogP contribution is -2.76. The van der Waals surface area contributed by atoms with E-state index in [1.54, 1.807) is 7.11 Å². The maximum Gasteiger partial charge on any atom is 0.316 e. The van der Waals surface area contributed by atoms with E-state index in [4.69, 9.17) is 9.47 Å². The van der Waals surface area contributed by atoms with Crippen molar-refractivity contribution < 1.29 is 24.5 Å². The standard InChI is InChI=1S/C22H28N2O5/c1-28-14-5-3-4-13-16(14)23-22(27)20(18(26)29-2)8-7-19(12-20)15(25)6-10-24-11-9-21(13,22)17(19)24/h3-5,15,17,23,25,27H,6-12H2,1-2H3/t15-,17-,19+,20-,21+,22-/m0/s1. The van der Waals surface area contributed by atoms with E-state index in [1.165, 1.54) is 7.11 Å². The number of nitrogens with one attached hydrogen (secondary N) is 1. The fourth-order valence-electron chi connectivity index (χ4n) is 8.18. The fourth-order valence-corrected chi connectivity index (χ4v) is 8.18. The molecule has 1 aromatic carbocycles. The molecular weight excluding hydrogens is 372 g/mol. The van der Waals surface area contributed by atoms with Gasteiger partial charge in [0.2, 0.25) is 0 Å². The van der Waals surface area contributed by atoms with Gasteiger partial charge < -0.3 is 25.0 Å². The van der Waals surface area contributed by atoms with Gasteiger partial charge in [0, 0.05) is 18.0 Å². The highest BCUT2D eigenvalue weighted by molar-refractivity contribution is 5.85. The minimum Gasteiger partial charge on any atom is -0.495 e. The molecule has 3 N–H and O–H groups in total. The number of methoxy groups -OCH3 is 2. The molecule has 0 radical (unpaired) electrons. The van der Waals surface area contributed by atoms with E-state index in [1.807, 2.05) is 12.1 Å². The number of anilines is 1. The van der Waals surface area contributed by atoms with Gasteiger partial charge in [-0.3, -0.25) is 9.69 Å². The van der Waals surface area contributed by atoms with E-state index in [2.05, 4.69) is 16.3 Å². The number of ether oxygens (including phenoxy) is 2. The van der Waals surface area contributed by atoms with Crippen molar-refractivity contribution >= 4 is 11.7 Å². The minimum absolute atomic E-state index is 0.0233. The molecule has 2 aliphatic carbocycles. The van der Waals surface area contributed by atoms with Crippen LogP contribution in [0.3, 0.4) is 0 Å². The highest BCUT2D eigenvalue weighted by atomic mass is 16.5. The number of carbonyl (C=O) groups is 1. The third-order valence-electron chi connectivity index (χ3n) is 9.12. The van der Waals surface area contributed by atoms with E-state index >= 15 is 0 Å². The van der Waals surface area contributed by atoms with Crippen molar-refractivity contribution in [2.75, 3.05) is 32.6 Å². The summed E-state index contributed by atoms with van der Waals surface area (Å²) >= 11 is 0. The van der Waals surface area contributed by atoms with Crippen LogP contribution in [0.4, 0.5) is 5.69 Å². The van der Waals surface area contributed by atoms with Crippen LogP contribution < -0.4 is 10.1 Å². The van der Waals surface area contributed by atoms with E-state index in [0.717, 1.165) is 37.2 Å². The quantitative estimate of drug-likeness (QED) is 0.643. The van der Waals surface area contributed by atoms with E-state index < -0.39 is 28.1 Å². The number of hydrogen-bond acceptors (Lipinski definition) is 7. The molecule has 6 atom stereocenters. The van der Waals surface area contributed by atoms with E-state index in [0.29, 0.717) is 25.0 Å². The molecule has 4 fully saturated rings. The highest BCUT2D eigenvalue weighted by Gasteiger charge is 2.85. The van der Waals surface area contributed by atoms with Gasteiger partial charge in [-0.05, 0) is 50.3 Å². The zero-order chi connectivity index (χ0) is 20.2. The molecule has 7 heteroatoms. The molecule has 0 amide bonds. The van der Waals surface area contributed by atoms with Crippen molar-refractivity contribution in [1.82, 2.24) is 4.90 Å². The van der Waals surface area contributed by atoms with Crippen LogP contribution in [-0.4, -0.2) is 66.3 Å². The third-order valence-corrected chi connectivity index (χ3v) is 9.12. The van der Waals surface area contributed by atoms with Gasteiger partial charge in [-0.15, -0.1) is 0 Å². The molecule has 2 saturated heterocycles. The van der Waals surface area contributed by atoms with Crippen molar-refractivity contribution in [1.29, 1.82) is 0 Å². The molecule has 7 nitrogen and oxygen atoms in total. The van der Waals surface area contributed by atoms with Crippen LogP contribution in [-0.2, 0) is 14.9 Å². The number of para-hydroxylation sites is 1. The maximum absolute atomic E-state index is 13.3. The van der Waals surface area contributed by atoms with Crippen molar-refractivity contribution in [2.45, 2.75) is 55.4 Å². The Kier molecular flexibility index (Phi) is 3.26. The summed E-state index contributed by atoms with van der Waals surface area (Å²) in [6.45, 7) is 1.66. The summed E-state index contributed by atoms with van der Waals surface area (Å²) in [6, 6.07) is 5.86. The molecular formula is C22H28N2O5. The normalized spacial score (nSPS) is 46.5. The Morgan fingerprint density at radius 2 is 2.07 bits per heavy atom. The number of esters is 1. The van der Waals surface area contributed by atoms with Gasteiger partial charge in [0.1, 0.15) is 11.2 Å². The van der Waals surface area contributed by atoms with Crippen LogP contribution >= 0.6 is 0 Å². The number of fused-ring (bicyclic) bond motifs is 3. The second-order valence-corrected chi connectivity index (χ2v) is 9.67. The van der Waals surface area contributed by atoms with Crippen LogP contribution in [0.2, 0.25) is 0 Å². The smallest absolute Gasteiger partial charge is 0.316 e. The largest absolute Gasteiger partial charge is 0.495 e. The summed E-state index contributed by atoms with van der Waals surface area (Å²) in [6.07, 6.45) is 2.62. The maximum atomic E-state index is 13.3. The van der Waals surface area contributed by atoms with Crippen LogP contribution in [0.1, 0.15) is 37.7 Å².